The van der Waals surface area contributed by atoms with Crippen molar-refractivity contribution in [2.75, 3.05) is 0 Å². The number of nitrogens with zero attached hydrogens (tertiary/aromatic N) is 4. The SMILES string of the molecule is c1cc(-c2nn[nH]n2)cc(-c2cnc[nH]2)c1. The molecule has 6 nitrogen and oxygen atoms in total. The first-order valence-electron chi connectivity index (χ1n) is 4.76. The van der Waals surface area contributed by atoms with Gasteiger partial charge in [0.2, 0.25) is 5.82 Å². The lowest BCUT2D eigenvalue weighted by molar-refractivity contribution is 0.881. The van der Waals surface area contributed by atoms with Crippen molar-refractivity contribution in [1.29, 1.82) is 0 Å². The van der Waals surface area contributed by atoms with E-state index < -0.39 is 0 Å². The summed E-state index contributed by atoms with van der Waals surface area (Å²) < 4.78 is 0. The van der Waals surface area contributed by atoms with Crippen LogP contribution in [0.25, 0.3) is 22.6 Å². The van der Waals surface area contributed by atoms with Gasteiger partial charge < -0.3 is 4.98 Å². The Labute approximate surface area is 90.7 Å². The van der Waals surface area contributed by atoms with Crippen molar-refractivity contribution in [2.45, 2.75) is 0 Å². The third-order valence-electron chi connectivity index (χ3n) is 2.28. The summed E-state index contributed by atoms with van der Waals surface area (Å²) in [5.74, 6) is 0.585. The van der Waals surface area contributed by atoms with Gasteiger partial charge in [0.1, 0.15) is 0 Å². The Hall–Kier alpha value is -2.50. The summed E-state index contributed by atoms with van der Waals surface area (Å²) in [6.07, 6.45) is 3.42. The normalized spacial score (nSPS) is 10.5. The average Bonchev–Trinajstić information content (AvgIpc) is 3.03. The van der Waals surface area contributed by atoms with Crippen molar-refractivity contribution in [3.8, 4) is 22.6 Å². The van der Waals surface area contributed by atoms with Crippen LogP contribution in [-0.2, 0) is 0 Å². The largest absolute Gasteiger partial charge is 0.345 e. The minimum atomic E-state index is 0.585. The smallest absolute Gasteiger partial charge is 0.204 e. The van der Waals surface area contributed by atoms with Gasteiger partial charge in [0.05, 0.1) is 18.2 Å². The molecule has 0 amide bonds. The number of H-pyrrole nitrogens is 2. The molecule has 0 aliphatic heterocycles. The van der Waals surface area contributed by atoms with E-state index >= 15 is 0 Å². The van der Waals surface area contributed by atoms with E-state index in [4.69, 9.17) is 0 Å². The van der Waals surface area contributed by atoms with Crippen LogP contribution in [0.3, 0.4) is 0 Å². The number of aromatic nitrogens is 6. The molecule has 0 bridgehead atoms. The lowest BCUT2D eigenvalue weighted by Gasteiger charge is -1.99. The second-order valence-corrected chi connectivity index (χ2v) is 3.28. The number of imidazole rings is 1. The molecule has 0 saturated heterocycles. The molecule has 2 heterocycles. The van der Waals surface area contributed by atoms with Gasteiger partial charge in [0, 0.05) is 11.1 Å². The number of hydrogen-bond acceptors (Lipinski definition) is 4. The van der Waals surface area contributed by atoms with Gasteiger partial charge in [0.15, 0.2) is 0 Å². The Balaban J connectivity index is 2.07. The maximum Gasteiger partial charge on any atom is 0.204 e. The number of rotatable bonds is 2. The molecule has 2 aromatic heterocycles. The zero-order chi connectivity index (χ0) is 10.8. The summed E-state index contributed by atoms with van der Waals surface area (Å²) in [5, 5.41) is 13.8. The van der Waals surface area contributed by atoms with E-state index in [0.29, 0.717) is 5.82 Å². The molecule has 0 radical (unpaired) electrons. The number of aromatic amines is 2. The van der Waals surface area contributed by atoms with Gasteiger partial charge in [-0.05, 0) is 11.3 Å². The van der Waals surface area contributed by atoms with Crippen LogP contribution in [0.5, 0.6) is 0 Å². The maximum atomic E-state index is 3.99. The number of tetrazole rings is 1. The first-order valence-corrected chi connectivity index (χ1v) is 4.76. The van der Waals surface area contributed by atoms with Crippen LogP contribution in [0.4, 0.5) is 0 Å². The zero-order valence-electron chi connectivity index (χ0n) is 8.25. The van der Waals surface area contributed by atoms with Gasteiger partial charge in [-0.3, -0.25) is 0 Å². The van der Waals surface area contributed by atoms with E-state index in [1.54, 1.807) is 12.5 Å². The molecule has 0 saturated carbocycles. The van der Waals surface area contributed by atoms with E-state index in [1.165, 1.54) is 0 Å². The molecule has 0 aliphatic carbocycles. The summed E-state index contributed by atoms with van der Waals surface area (Å²) in [4.78, 5) is 7.04. The summed E-state index contributed by atoms with van der Waals surface area (Å²) in [6.45, 7) is 0. The van der Waals surface area contributed by atoms with E-state index in [0.717, 1.165) is 16.8 Å². The molecule has 0 atom stereocenters. The molecule has 3 aromatic rings. The molecule has 0 aliphatic rings. The highest BCUT2D eigenvalue weighted by Crippen LogP contribution is 2.21. The average molecular weight is 212 g/mol. The molecule has 16 heavy (non-hydrogen) atoms. The quantitative estimate of drug-likeness (QED) is 0.669. The van der Waals surface area contributed by atoms with Gasteiger partial charge in [0.25, 0.3) is 0 Å². The molecular weight excluding hydrogens is 204 g/mol. The standard InChI is InChI=1S/C10H8N6/c1-2-7(9-5-11-6-12-9)4-8(3-1)10-13-15-16-14-10/h1-6H,(H,11,12)(H,13,14,15,16). The molecular formula is C10H8N6. The lowest BCUT2D eigenvalue weighted by atomic mass is 10.1. The fourth-order valence-electron chi connectivity index (χ4n) is 1.52. The van der Waals surface area contributed by atoms with Gasteiger partial charge in [-0.25, -0.2) is 4.98 Å². The van der Waals surface area contributed by atoms with E-state index in [1.807, 2.05) is 24.3 Å². The van der Waals surface area contributed by atoms with Crippen molar-refractivity contribution in [1.82, 2.24) is 30.6 Å². The Morgan fingerprint density at radius 1 is 1.12 bits per heavy atom. The first kappa shape index (κ1) is 8.78. The van der Waals surface area contributed by atoms with Crippen molar-refractivity contribution in [3.05, 3.63) is 36.8 Å². The number of nitrogens with one attached hydrogen (secondary N) is 2. The fourth-order valence-corrected chi connectivity index (χ4v) is 1.52. The molecule has 0 spiro atoms. The highest BCUT2D eigenvalue weighted by molar-refractivity contribution is 5.66. The van der Waals surface area contributed by atoms with Crippen LogP contribution in [0, 0.1) is 0 Å². The molecule has 3 rings (SSSR count). The molecule has 1 aromatic carbocycles. The Kier molecular flexibility index (Phi) is 1.96. The van der Waals surface area contributed by atoms with Crippen molar-refractivity contribution in [2.24, 2.45) is 0 Å². The molecule has 2 N–H and O–H groups in total. The second kappa shape index (κ2) is 3.58. The summed E-state index contributed by atoms with van der Waals surface area (Å²) in [5.41, 5.74) is 2.92. The third kappa shape index (κ3) is 1.46. The predicted molar refractivity (Wildman–Crippen MR) is 57.2 cm³/mol. The highest BCUT2D eigenvalue weighted by atomic mass is 15.5. The van der Waals surface area contributed by atoms with Crippen LogP contribution < -0.4 is 0 Å². The zero-order valence-corrected chi connectivity index (χ0v) is 8.25. The van der Waals surface area contributed by atoms with E-state index in [-0.39, 0.29) is 0 Å². The Bertz CT molecular complexity index is 520. The monoisotopic (exact) mass is 212 g/mol. The van der Waals surface area contributed by atoms with Gasteiger partial charge in [-0.2, -0.15) is 5.21 Å². The first-order chi connectivity index (χ1) is 7.93. The Morgan fingerprint density at radius 3 is 2.81 bits per heavy atom. The summed E-state index contributed by atoms with van der Waals surface area (Å²) in [6, 6.07) is 7.86. The molecule has 6 heteroatoms. The highest BCUT2D eigenvalue weighted by Gasteiger charge is 2.05. The molecule has 0 fully saturated rings. The molecule has 0 unspecified atom stereocenters. The fraction of sp³-hybridized carbons (Fsp3) is 0. The van der Waals surface area contributed by atoms with Crippen molar-refractivity contribution in [3.63, 3.8) is 0 Å². The van der Waals surface area contributed by atoms with Crippen LogP contribution >= 0.6 is 0 Å². The van der Waals surface area contributed by atoms with Gasteiger partial charge in [-0.1, -0.05) is 18.2 Å². The van der Waals surface area contributed by atoms with Crippen LogP contribution in [0.15, 0.2) is 36.8 Å². The summed E-state index contributed by atoms with van der Waals surface area (Å²) >= 11 is 0. The van der Waals surface area contributed by atoms with E-state index in [9.17, 15) is 0 Å². The minimum absolute atomic E-state index is 0.585. The van der Waals surface area contributed by atoms with Crippen molar-refractivity contribution >= 4 is 0 Å². The molecule has 78 valence electrons. The van der Waals surface area contributed by atoms with Crippen molar-refractivity contribution < 1.29 is 0 Å². The number of hydrogen-bond donors (Lipinski definition) is 2. The van der Waals surface area contributed by atoms with Crippen LogP contribution in [0.2, 0.25) is 0 Å². The second-order valence-electron chi connectivity index (χ2n) is 3.28. The predicted octanol–water partition coefficient (Wildman–Crippen LogP) is 1.26. The maximum absolute atomic E-state index is 3.99. The van der Waals surface area contributed by atoms with Crippen LogP contribution in [-0.4, -0.2) is 30.6 Å². The minimum Gasteiger partial charge on any atom is -0.345 e. The van der Waals surface area contributed by atoms with Crippen LogP contribution in [0.1, 0.15) is 0 Å². The lowest BCUT2D eigenvalue weighted by Crippen LogP contribution is -1.83. The number of benzene rings is 1. The Morgan fingerprint density at radius 2 is 2.06 bits per heavy atom. The van der Waals surface area contributed by atoms with E-state index in [2.05, 4.69) is 30.6 Å². The third-order valence-corrected chi connectivity index (χ3v) is 2.28. The van der Waals surface area contributed by atoms with Gasteiger partial charge in [-0.15, -0.1) is 10.2 Å². The topological polar surface area (TPSA) is 83.1 Å². The van der Waals surface area contributed by atoms with Gasteiger partial charge >= 0.3 is 0 Å². The summed E-state index contributed by atoms with van der Waals surface area (Å²) in [7, 11) is 0.